The molecule has 0 bridgehead atoms. The molecule has 152 valence electrons. The summed E-state index contributed by atoms with van der Waals surface area (Å²) in [5, 5.41) is 1.86. The van der Waals surface area contributed by atoms with Gasteiger partial charge in [-0.25, -0.2) is 21.1 Å². The van der Waals surface area contributed by atoms with Crippen molar-refractivity contribution in [1.29, 1.82) is 0 Å². The lowest BCUT2D eigenvalue weighted by molar-refractivity contribution is 0.0502. The summed E-state index contributed by atoms with van der Waals surface area (Å²) in [4.78, 5) is 21.1. The van der Waals surface area contributed by atoms with E-state index in [4.69, 9.17) is 16.7 Å². The smallest absolute Gasteiger partial charge is 0.356 e. The molecule has 0 aliphatic carbocycles. The second-order valence-electron chi connectivity index (χ2n) is 7.00. The molecule has 2 aliphatic heterocycles. The van der Waals surface area contributed by atoms with E-state index in [1.807, 2.05) is 53.2 Å². The maximum atomic E-state index is 11.9. The lowest BCUT2D eigenvalue weighted by atomic mass is 9.87. The zero-order valence-electron chi connectivity index (χ0n) is 15.9. The number of carbonyl (C=O) groups is 1. The molecule has 2 heterocycles. The van der Waals surface area contributed by atoms with Crippen LogP contribution in [0.15, 0.2) is 53.5 Å². The predicted octanol–water partition coefficient (Wildman–Crippen LogP) is 2.00. The van der Waals surface area contributed by atoms with Crippen molar-refractivity contribution in [3.8, 4) is 0 Å². The molecule has 2 aromatic rings. The molecule has 0 amide bonds. The number of nitrogens with two attached hydrogens (primary N) is 2. The number of thioether (sulfide) groups is 1. The van der Waals surface area contributed by atoms with Crippen molar-refractivity contribution in [2.24, 2.45) is 16.7 Å². The first-order valence-electron chi connectivity index (χ1n) is 9.44. The molecule has 4 rings (SSSR count). The van der Waals surface area contributed by atoms with Crippen molar-refractivity contribution in [2.45, 2.75) is 24.9 Å². The van der Waals surface area contributed by atoms with Crippen molar-refractivity contribution in [3.63, 3.8) is 0 Å². The minimum Gasteiger partial charge on any atom is -0.370 e. The zero-order chi connectivity index (χ0) is 20.3. The summed E-state index contributed by atoms with van der Waals surface area (Å²) in [5.41, 5.74) is 9.03. The van der Waals surface area contributed by atoms with Gasteiger partial charge in [0, 0.05) is 6.54 Å². The van der Waals surface area contributed by atoms with Gasteiger partial charge in [-0.05, 0) is 48.1 Å². The van der Waals surface area contributed by atoms with Crippen molar-refractivity contribution < 1.29 is 9.63 Å². The fourth-order valence-electron chi connectivity index (χ4n) is 3.82. The summed E-state index contributed by atoms with van der Waals surface area (Å²) >= 11 is 1.93. The number of nitrogens with one attached hydrogen (secondary N) is 2. The van der Waals surface area contributed by atoms with Crippen LogP contribution in [-0.2, 0) is 11.4 Å². The highest BCUT2D eigenvalue weighted by molar-refractivity contribution is 7.99. The minimum atomic E-state index is -0.569. The van der Waals surface area contributed by atoms with Crippen LogP contribution in [0, 0.1) is 0 Å². The third-order valence-corrected chi connectivity index (χ3v) is 6.41. The van der Waals surface area contributed by atoms with Crippen LogP contribution in [0.4, 0.5) is 11.4 Å². The van der Waals surface area contributed by atoms with E-state index in [1.165, 1.54) is 0 Å². The summed E-state index contributed by atoms with van der Waals surface area (Å²) in [6.07, 6.45) is 1.79. The topological polar surface area (TPSA) is 118 Å². The van der Waals surface area contributed by atoms with Crippen molar-refractivity contribution in [3.05, 3.63) is 59.7 Å². The molecule has 2 aliphatic rings. The molecule has 1 fully saturated rings. The highest BCUT2D eigenvalue weighted by Crippen LogP contribution is 2.42. The molecule has 1 saturated heterocycles. The summed E-state index contributed by atoms with van der Waals surface area (Å²) in [6, 6.07) is 15.0. The van der Waals surface area contributed by atoms with Gasteiger partial charge in [-0.3, -0.25) is 5.01 Å². The minimum absolute atomic E-state index is 0.387. The third kappa shape index (κ3) is 3.69. The molecule has 8 nitrogen and oxygen atoms in total. The molecule has 9 heteroatoms. The quantitative estimate of drug-likeness (QED) is 0.445. The lowest BCUT2D eigenvalue weighted by Gasteiger charge is -2.47. The molecular weight excluding hydrogens is 388 g/mol. The number of amidine groups is 1. The number of carbonyl (C=O) groups excluding carboxylic acids is 1. The Balaban J connectivity index is 1.57. The van der Waals surface area contributed by atoms with Crippen molar-refractivity contribution >= 4 is 34.9 Å². The molecule has 0 saturated carbocycles. The number of anilines is 1. The normalized spacial score (nSPS) is 17.4. The molecule has 0 atom stereocenters. The maximum Gasteiger partial charge on any atom is 0.356 e. The Morgan fingerprint density at radius 3 is 2.69 bits per heavy atom. The van der Waals surface area contributed by atoms with Crippen LogP contribution < -0.4 is 27.6 Å². The van der Waals surface area contributed by atoms with E-state index in [1.54, 1.807) is 12.1 Å². The van der Waals surface area contributed by atoms with Gasteiger partial charge in [-0.2, -0.15) is 17.7 Å². The Hall–Kier alpha value is -2.59. The van der Waals surface area contributed by atoms with Gasteiger partial charge in [0.15, 0.2) is 0 Å². The van der Waals surface area contributed by atoms with E-state index in [9.17, 15) is 4.79 Å². The number of aliphatic imine (C=N–C) groups is 1. The first kappa shape index (κ1) is 19.7. The standard InChI is InChI=1S/C20H24N6O2S/c21-26-17-8-4-3-7-16(17)24-19(20(26)9-11-29-12-10-20)25-23-13-14-5-1-2-6-15(14)18(27)28-22/h1-8,23H,9-13,21-22H2,(H,24,25). The van der Waals surface area contributed by atoms with Gasteiger partial charge in [0.1, 0.15) is 11.4 Å². The van der Waals surface area contributed by atoms with Gasteiger partial charge in [0.2, 0.25) is 0 Å². The van der Waals surface area contributed by atoms with Crippen molar-refractivity contribution in [1.82, 2.24) is 10.9 Å². The lowest BCUT2D eigenvalue weighted by Crippen LogP contribution is -2.66. The third-order valence-electron chi connectivity index (χ3n) is 5.43. The fraction of sp³-hybridized carbons (Fsp3) is 0.300. The van der Waals surface area contributed by atoms with Crippen molar-refractivity contribution in [2.75, 3.05) is 16.5 Å². The largest absolute Gasteiger partial charge is 0.370 e. The molecular formula is C20H24N6O2S. The molecule has 29 heavy (non-hydrogen) atoms. The molecule has 0 unspecified atom stereocenters. The van der Waals surface area contributed by atoms with E-state index in [-0.39, 0.29) is 5.54 Å². The van der Waals surface area contributed by atoms with Gasteiger partial charge < -0.3 is 10.3 Å². The monoisotopic (exact) mass is 412 g/mol. The van der Waals surface area contributed by atoms with Gasteiger partial charge in [-0.15, -0.1) is 0 Å². The van der Waals surface area contributed by atoms with Crippen LogP contribution in [-0.4, -0.2) is 28.8 Å². The van der Waals surface area contributed by atoms with Gasteiger partial charge >= 0.3 is 5.97 Å². The van der Waals surface area contributed by atoms with Gasteiger partial charge in [-0.1, -0.05) is 30.3 Å². The second-order valence-corrected chi connectivity index (χ2v) is 8.23. The summed E-state index contributed by atoms with van der Waals surface area (Å²) < 4.78 is 0. The fourth-order valence-corrected chi connectivity index (χ4v) is 4.99. The number of hydrogen-bond donors (Lipinski definition) is 4. The summed E-state index contributed by atoms with van der Waals surface area (Å²) in [7, 11) is 0. The van der Waals surface area contributed by atoms with Crippen LogP contribution in [0.3, 0.4) is 0 Å². The van der Waals surface area contributed by atoms with Crippen LogP contribution in [0.2, 0.25) is 0 Å². The number of hydrazine groups is 2. The molecule has 0 radical (unpaired) electrons. The number of hydrogen-bond acceptors (Lipinski definition) is 9. The molecule has 0 aromatic heterocycles. The van der Waals surface area contributed by atoms with Crippen LogP contribution in [0.25, 0.3) is 0 Å². The highest BCUT2D eigenvalue weighted by atomic mass is 32.2. The Morgan fingerprint density at radius 1 is 1.17 bits per heavy atom. The van der Waals surface area contributed by atoms with Crippen LogP contribution in [0.1, 0.15) is 28.8 Å². The summed E-state index contributed by atoms with van der Waals surface area (Å²) in [6.45, 7) is 0.390. The Labute approximate surface area is 173 Å². The Kier molecular flexibility index (Phi) is 5.72. The van der Waals surface area contributed by atoms with E-state index >= 15 is 0 Å². The highest BCUT2D eigenvalue weighted by Gasteiger charge is 2.45. The van der Waals surface area contributed by atoms with Gasteiger partial charge in [0.05, 0.1) is 16.9 Å². The zero-order valence-corrected chi connectivity index (χ0v) is 16.7. The van der Waals surface area contributed by atoms with E-state index < -0.39 is 5.97 Å². The average molecular weight is 413 g/mol. The van der Waals surface area contributed by atoms with E-state index in [2.05, 4.69) is 15.7 Å². The number of para-hydroxylation sites is 2. The molecule has 2 aromatic carbocycles. The summed E-state index contributed by atoms with van der Waals surface area (Å²) in [5.74, 6) is 13.9. The number of rotatable bonds is 4. The average Bonchev–Trinajstić information content (AvgIpc) is 2.78. The molecule has 6 N–H and O–H groups in total. The van der Waals surface area contributed by atoms with Crippen LogP contribution >= 0.6 is 11.8 Å². The number of benzene rings is 2. The SMILES string of the molecule is NOC(=O)c1ccccc1CNNC1=Nc2ccccc2N(N)C12CCSCC2. The Bertz CT molecular complexity index is 929. The predicted molar refractivity (Wildman–Crippen MR) is 116 cm³/mol. The second kappa shape index (κ2) is 8.42. The van der Waals surface area contributed by atoms with Gasteiger partial charge in [0.25, 0.3) is 0 Å². The first-order valence-corrected chi connectivity index (χ1v) is 10.6. The Morgan fingerprint density at radius 2 is 1.90 bits per heavy atom. The number of fused-ring (bicyclic) bond motifs is 1. The first-order chi connectivity index (χ1) is 14.2. The van der Waals surface area contributed by atoms with E-state index in [0.29, 0.717) is 12.1 Å². The van der Waals surface area contributed by atoms with Crippen LogP contribution in [0.5, 0.6) is 0 Å². The maximum absolute atomic E-state index is 11.9. The van der Waals surface area contributed by atoms with E-state index in [0.717, 1.165) is 47.1 Å². The molecule has 1 spiro atoms. The number of nitrogens with zero attached hydrogens (tertiary/aromatic N) is 2.